The van der Waals surface area contributed by atoms with E-state index in [1.807, 2.05) is 51.1 Å². The summed E-state index contributed by atoms with van der Waals surface area (Å²) in [5.74, 6) is 1.06. The number of carbonyl (C=O) groups excluding carboxylic acids is 1. The van der Waals surface area contributed by atoms with Gasteiger partial charge in [0, 0.05) is 16.7 Å². The molecule has 0 saturated carbocycles. The fourth-order valence-corrected chi connectivity index (χ4v) is 3.51. The molecule has 0 radical (unpaired) electrons. The first kappa shape index (κ1) is 17.2. The Morgan fingerprint density at radius 2 is 1.62 bits per heavy atom. The number of fused-ring (bicyclic) bond motifs is 3. The van der Waals surface area contributed by atoms with Crippen molar-refractivity contribution in [2.45, 2.75) is 26.3 Å². The summed E-state index contributed by atoms with van der Waals surface area (Å²) in [7, 11) is 0. The Kier molecular flexibility index (Phi) is 3.90. The van der Waals surface area contributed by atoms with Crippen LogP contribution in [0.5, 0.6) is 0 Å². The van der Waals surface area contributed by atoms with E-state index in [1.165, 1.54) is 0 Å². The molecule has 1 heterocycles. The zero-order chi connectivity index (χ0) is 18.6. The Bertz CT molecular complexity index is 1040. The first-order chi connectivity index (χ1) is 12.3. The Hall–Kier alpha value is -2.23. The molecule has 1 aromatic heterocycles. The lowest BCUT2D eigenvalue weighted by Gasteiger charge is -2.20. The quantitative estimate of drug-likeness (QED) is 0.418. The summed E-state index contributed by atoms with van der Waals surface area (Å²) >= 11 is 12.2. The molecule has 0 saturated heterocycles. The van der Waals surface area contributed by atoms with Crippen molar-refractivity contribution in [2.75, 3.05) is 5.32 Å². The van der Waals surface area contributed by atoms with Gasteiger partial charge >= 0.3 is 0 Å². The molecule has 0 amide bonds. The molecule has 1 aliphatic carbocycles. The second-order valence-corrected chi connectivity index (χ2v) is 8.20. The molecule has 0 bridgehead atoms. The maximum Gasteiger partial charge on any atom is 0.202 e. The van der Waals surface area contributed by atoms with E-state index in [9.17, 15) is 4.79 Å². The molecule has 5 heteroatoms. The fraction of sp³-hybridized carbons (Fsp3) is 0.190. The van der Waals surface area contributed by atoms with E-state index < -0.39 is 0 Å². The molecule has 0 unspecified atom stereocenters. The van der Waals surface area contributed by atoms with Gasteiger partial charge in [-0.25, -0.2) is 0 Å². The number of halogens is 2. The van der Waals surface area contributed by atoms with Crippen molar-refractivity contribution in [3.05, 3.63) is 63.6 Å². The highest BCUT2D eigenvalue weighted by molar-refractivity contribution is 6.42. The molecule has 2 aromatic carbocycles. The normalized spacial score (nSPS) is 12.9. The Labute approximate surface area is 161 Å². The standard InChI is InChI=1S/C21H17Cl2NO2/c1-21(2,3)24-20-16-12-6-4-5-7-13(12)18(25)17(16)19(26-20)11-8-9-14(22)15(23)10-11/h4-10,24H,1-3H3. The van der Waals surface area contributed by atoms with Gasteiger partial charge in [0.2, 0.25) is 5.88 Å². The highest BCUT2D eigenvalue weighted by Gasteiger charge is 2.37. The van der Waals surface area contributed by atoms with Crippen LogP contribution in [0, 0.1) is 0 Å². The number of rotatable bonds is 2. The SMILES string of the molecule is CC(C)(C)Nc1oc(-c2ccc(Cl)c(Cl)c2)c2c1-c1ccccc1C2=O. The summed E-state index contributed by atoms with van der Waals surface area (Å²) in [4.78, 5) is 13.1. The van der Waals surface area contributed by atoms with Gasteiger partial charge in [0.05, 0.1) is 21.2 Å². The van der Waals surface area contributed by atoms with Gasteiger partial charge in [-0.1, -0.05) is 47.5 Å². The summed E-state index contributed by atoms with van der Waals surface area (Å²) in [5, 5.41) is 4.26. The van der Waals surface area contributed by atoms with Crippen molar-refractivity contribution >= 4 is 34.9 Å². The Balaban J connectivity index is 1.98. The summed E-state index contributed by atoms with van der Waals surface area (Å²) in [6, 6.07) is 12.8. The van der Waals surface area contributed by atoms with Gasteiger partial charge in [0.15, 0.2) is 5.78 Å². The second kappa shape index (κ2) is 5.90. The molecule has 0 atom stereocenters. The highest BCUT2D eigenvalue weighted by atomic mass is 35.5. The molecule has 4 rings (SSSR count). The predicted octanol–water partition coefficient (Wildman–Crippen LogP) is 6.68. The number of nitrogens with one attached hydrogen (secondary N) is 1. The van der Waals surface area contributed by atoms with Gasteiger partial charge < -0.3 is 9.73 Å². The average molecular weight is 386 g/mol. The summed E-state index contributed by atoms with van der Waals surface area (Å²) in [6.45, 7) is 6.14. The van der Waals surface area contributed by atoms with Crippen LogP contribution in [0.3, 0.4) is 0 Å². The molecule has 132 valence electrons. The topological polar surface area (TPSA) is 42.2 Å². The van der Waals surface area contributed by atoms with E-state index in [0.717, 1.165) is 16.7 Å². The van der Waals surface area contributed by atoms with Gasteiger partial charge in [-0.2, -0.15) is 0 Å². The van der Waals surface area contributed by atoms with Gasteiger partial charge in [-0.15, -0.1) is 0 Å². The molecular formula is C21H17Cl2NO2. The Morgan fingerprint density at radius 1 is 0.923 bits per heavy atom. The number of hydrogen-bond acceptors (Lipinski definition) is 3. The van der Waals surface area contributed by atoms with E-state index >= 15 is 0 Å². The van der Waals surface area contributed by atoms with Crippen LogP contribution in [-0.2, 0) is 0 Å². The van der Waals surface area contributed by atoms with Gasteiger partial charge in [-0.05, 0) is 44.5 Å². The van der Waals surface area contributed by atoms with Crippen LogP contribution in [0.25, 0.3) is 22.5 Å². The molecule has 0 aliphatic heterocycles. The van der Waals surface area contributed by atoms with E-state index in [2.05, 4.69) is 5.32 Å². The van der Waals surface area contributed by atoms with E-state index in [-0.39, 0.29) is 11.3 Å². The van der Waals surface area contributed by atoms with Gasteiger partial charge in [-0.3, -0.25) is 4.79 Å². The van der Waals surface area contributed by atoms with Crippen LogP contribution in [0.1, 0.15) is 36.7 Å². The molecule has 1 N–H and O–H groups in total. The zero-order valence-corrected chi connectivity index (χ0v) is 16.1. The molecule has 26 heavy (non-hydrogen) atoms. The average Bonchev–Trinajstić information content (AvgIpc) is 3.07. The van der Waals surface area contributed by atoms with Crippen LogP contribution >= 0.6 is 23.2 Å². The summed E-state index contributed by atoms with van der Waals surface area (Å²) in [6.07, 6.45) is 0. The number of furan rings is 1. The lowest BCUT2D eigenvalue weighted by atomic mass is 10.0. The summed E-state index contributed by atoms with van der Waals surface area (Å²) < 4.78 is 6.14. The molecule has 1 aliphatic rings. The number of carbonyl (C=O) groups is 1. The minimum absolute atomic E-state index is 0.0395. The van der Waals surface area contributed by atoms with Crippen LogP contribution in [-0.4, -0.2) is 11.3 Å². The monoisotopic (exact) mass is 385 g/mol. The lowest BCUT2D eigenvalue weighted by Crippen LogP contribution is -2.26. The Morgan fingerprint density at radius 3 is 2.27 bits per heavy atom. The predicted molar refractivity (Wildman–Crippen MR) is 106 cm³/mol. The van der Waals surface area contributed by atoms with Crippen LogP contribution in [0.4, 0.5) is 5.88 Å². The fourth-order valence-electron chi connectivity index (χ4n) is 3.21. The second-order valence-electron chi connectivity index (χ2n) is 7.39. The first-order valence-electron chi connectivity index (χ1n) is 8.31. The third kappa shape index (κ3) is 2.72. The van der Waals surface area contributed by atoms with Crippen molar-refractivity contribution < 1.29 is 9.21 Å². The number of ketones is 1. The molecular weight excluding hydrogens is 369 g/mol. The minimum atomic E-state index is -0.221. The first-order valence-corrected chi connectivity index (χ1v) is 9.06. The van der Waals surface area contributed by atoms with Gasteiger partial charge in [0.25, 0.3) is 0 Å². The van der Waals surface area contributed by atoms with Crippen molar-refractivity contribution in [3.8, 4) is 22.5 Å². The molecule has 0 fully saturated rings. The number of anilines is 1. The van der Waals surface area contributed by atoms with Crippen molar-refractivity contribution in [2.24, 2.45) is 0 Å². The van der Waals surface area contributed by atoms with Crippen molar-refractivity contribution in [1.29, 1.82) is 0 Å². The van der Waals surface area contributed by atoms with Gasteiger partial charge in [0.1, 0.15) is 5.76 Å². The third-order valence-electron chi connectivity index (χ3n) is 4.25. The van der Waals surface area contributed by atoms with Crippen LogP contribution < -0.4 is 5.32 Å². The third-order valence-corrected chi connectivity index (χ3v) is 4.99. The van der Waals surface area contributed by atoms with Crippen molar-refractivity contribution in [3.63, 3.8) is 0 Å². The zero-order valence-electron chi connectivity index (χ0n) is 14.6. The minimum Gasteiger partial charge on any atom is -0.439 e. The summed E-state index contributed by atoms with van der Waals surface area (Å²) in [5.41, 5.74) is 3.44. The van der Waals surface area contributed by atoms with E-state index in [1.54, 1.807) is 12.1 Å². The van der Waals surface area contributed by atoms with Crippen molar-refractivity contribution in [1.82, 2.24) is 0 Å². The lowest BCUT2D eigenvalue weighted by molar-refractivity contribution is 0.104. The number of benzene rings is 2. The van der Waals surface area contributed by atoms with E-state index in [0.29, 0.717) is 32.8 Å². The number of hydrogen-bond donors (Lipinski definition) is 1. The van der Waals surface area contributed by atoms with E-state index in [4.69, 9.17) is 27.6 Å². The smallest absolute Gasteiger partial charge is 0.202 e. The molecule has 0 spiro atoms. The van der Waals surface area contributed by atoms with Crippen LogP contribution in [0.15, 0.2) is 46.9 Å². The molecule has 3 aromatic rings. The maximum absolute atomic E-state index is 13.1. The highest BCUT2D eigenvalue weighted by Crippen LogP contribution is 2.49. The van der Waals surface area contributed by atoms with Crippen LogP contribution in [0.2, 0.25) is 10.0 Å². The largest absolute Gasteiger partial charge is 0.439 e. The maximum atomic E-state index is 13.1. The molecule has 3 nitrogen and oxygen atoms in total.